The van der Waals surface area contributed by atoms with Crippen LogP contribution >= 0.6 is 0 Å². The first-order chi connectivity index (χ1) is 17.4. The zero-order valence-corrected chi connectivity index (χ0v) is 20.1. The number of hydrogen-bond acceptors (Lipinski definition) is 8. The van der Waals surface area contributed by atoms with Crippen LogP contribution in [0.1, 0.15) is 40.5 Å². The minimum Gasteiger partial charge on any atom is -0.489 e. The number of halogens is 1. The third kappa shape index (κ3) is 4.37. The number of hydrogen-bond donors (Lipinski definition) is 2. The molecule has 12 heteroatoms. The fraction of sp³-hybridized carbons (Fsp3) is 0.458. The van der Waals surface area contributed by atoms with E-state index in [0.29, 0.717) is 74.4 Å². The summed E-state index contributed by atoms with van der Waals surface area (Å²) in [6, 6.07) is 4.19. The monoisotopic (exact) mass is 498 g/mol. The van der Waals surface area contributed by atoms with Crippen LogP contribution in [0.5, 0.6) is 5.75 Å². The first kappa shape index (κ1) is 24.1. The van der Waals surface area contributed by atoms with E-state index in [1.807, 2.05) is 0 Å². The molecule has 1 saturated heterocycles. The lowest BCUT2D eigenvalue weighted by Crippen LogP contribution is -2.43. The van der Waals surface area contributed by atoms with Crippen LogP contribution in [-0.2, 0) is 28.0 Å². The van der Waals surface area contributed by atoms with Gasteiger partial charge < -0.3 is 19.5 Å². The molecule has 5 rings (SSSR count). The Bertz CT molecular complexity index is 1350. The highest BCUT2D eigenvalue weighted by Gasteiger charge is 2.41. The van der Waals surface area contributed by atoms with Crippen molar-refractivity contribution in [3.05, 3.63) is 57.3 Å². The van der Waals surface area contributed by atoms with Gasteiger partial charge in [-0.05, 0) is 37.5 Å². The summed E-state index contributed by atoms with van der Waals surface area (Å²) in [5.41, 5.74) is 0.0322. The van der Waals surface area contributed by atoms with E-state index in [2.05, 4.69) is 20.5 Å². The fourth-order valence-electron chi connectivity index (χ4n) is 4.75. The molecule has 0 saturated carbocycles. The summed E-state index contributed by atoms with van der Waals surface area (Å²) >= 11 is 0. The van der Waals surface area contributed by atoms with Crippen LogP contribution < -0.4 is 15.6 Å². The zero-order chi connectivity index (χ0) is 25.3. The molecule has 1 fully saturated rings. The topological polar surface area (TPSA) is 133 Å². The molecule has 11 nitrogen and oxygen atoms in total. The second-order valence-electron chi connectivity index (χ2n) is 8.93. The Labute approximate surface area is 206 Å². The number of benzene rings is 1. The third-order valence-electron chi connectivity index (χ3n) is 6.67. The highest BCUT2D eigenvalue weighted by Crippen LogP contribution is 2.36. The Hall–Kier alpha value is -3.64. The number of aromatic nitrogens is 5. The standard InChI is InChI=1S/C24H27FN6O5/c1-14-27-20(30-29-14)17-11-16(25)4-3-15(17)12-26-21(32)18-19(34-2)22(33)31-7-10-36-13-24(23(31)28-18)5-8-35-9-6-24/h3-4,11H,5-10,12-13H2,1-2H3,(H,26,32)(H,27,29,30). The maximum Gasteiger partial charge on any atom is 0.296 e. The molecule has 3 aromatic rings. The Morgan fingerprint density at radius 2 is 2.06 bits per heavy atom. The predicted molar refractivity (Wildman–Crippen MR) is 125 cm³/mol. The van der Waals surface area contributed by atoms with Crippen LogP contribution in [0.25, 0.3) is 11.4 Å². The average Bonchev–Trinajstić information content (AvgIpc) is 3.24. The number of nitrogens with zero attached hydrogens (tertiary/aromatic N) is 4. The SMILES string of the molecule is COc1c(C(=O)NCc2ccc(F)cc2-c2nc(C)n[nH]2)nc2n(c1=O)CCOCC21CCOCC1. The van der Waals surface area contributed by atoms with Crippen molar-refractivity contribution in [2.24, 2.45) is 0 Å². The van der Waals surface area contributed by atoms with E-state index in [-0.39, 0.29) is 18.0 Å². The zero-order valence-electron chi connectivity index (χ0n) is 20.1. The second-order valence-corrected chi connectivity index (χ2v) is 8.93. The number of fused-ring (bicyclic) bond motifs is 2. The number of carbonyl (C=O) groups is 1. The Morgan fingerprint density at radius 3 is 2.78 bits per heavy atom. The summed E-state index contributed by atoms with van der Waals surface area (Å²) in [4.78, 5) is 35.7. The minimum atomic E-state index is -0.580. The lowest BCUT2D eigenvalue weighted by Gasteiger charge is -2.36. The maximum atomic E-state index is 14.0. The van der Waals surface area contributed by atoms with Gasteiger partial charge in [-0.2, -0.15) is 5.10 Å². The van der Waals surface area contributed by atoms with Crippen molar-refractivity contribution in [2.75, 3.05) is 33.5 Å². The molecule has 36 heavy (non-hydrogen) atoms. The van der Waals surface area contributed by atoms with Gasteiger partial charge in [0, 0.05) is 25.3 Å². The molecule has 2 aliphatic rings. The van der Waals surface area contributed by atoms with Crippen LogP contribution in [0.3, 0.4) is 0 Å². The first-order valence-corrected chi connectivity index (χ1v) is 11.7. The molecule has 0 atom stereocenters. The fourth-order valence-corrected chi connectivity index (χ4v) is 4.75. The molecule has 1 amide bonds. The van der Waals surface area contributed by atoms with Gasteiger partial charge in [-0.1, -0.05) is 6.07 Å². The molecular weight excluding hydrogens is 471 g/mol. The van der Waals surface area contributed by atoms with Crippen LogP contribution in [0.4, 0.5) is 4.39 Å². The van der Waals surface area contributed by atoms with Crippen molar-refractivity contribution in [3.63, 3.8) is 0 Å². The number of carbonyl (C=O) groups excluding carboxylic acids is 1. The smallest absolute Gasteiger partial charge is 0.296 e. The molecule has 0 unspecified atom stereocenters. The number of rotatable bonds is 5. The number of nitrogens with one attached hydrogen (secondary N) is 2. The number of H-pyrrole nitrogens is 1. The number of aromatic amines is 1. The van der Waals surface area contributed by atoms with Crippen molar-refractivity contribution in [3.8, 4) is 17.1 Å². The summed E-state index contributed by atoms with van der Waals surface area (Å²) in [7, 11) is 1.34. The number of methoxy groups -OCH3 is 1. The summed E-state index contributed by atoms with van der Waals surface area (Å²) in [5.74, 6) is 0.250. The number of amides is 1. The minimum absolute atomic E-state index is 0.0412. The molecule has 4 heterocycles. The molecule has 0 radical (unpaired) electrons. The molecule has 2 aliphatic heterocycles. The van der Waals surface area contributed by atoms with E-state index in [1.54, 1.807) is 17.6 Å². The normalized spacial score (nSPS) is 16.9. The van der Waals surface area contributed by atoms with E-state index >= 15 is 0 Å². The Morgan fingerprint density at radius 1 is 1.25 bits per heavy atom. The second kappa shape index (κ2) is 9.78. The van der Waals surface area contributed by atoms with Gasteiger partial charge in [-0.15, -0.1) is 0 Å². The van der Waals surface area contributed by atoms with Gasteiger partial charge in [-0.3, -0.25) is 19.3 Å². The summed E-state index contributed by atoms with van der Waals surface area (Å²) < 4.78 is 32.3. The lowest BCUT2D eigenvalue weighted by atomic mass is 9.80. The van der Waals surface area contributed by atoms with Gasteiger partial charge in [0.1, 0.15) is 17.5 Å². The molecule has 1 spiro atoms. The predicted octanol–water partition coefficient (Wildman–Crippen LogP) is 1.49. The van der Waals surface area contributed by atoms with Crippen molar-refractivity contribution in [1.29, 1.82) is 0 Å². The lowest BCUT2D eigenvalue weighted by molar-refractivity contribution is 0.00413. The van der Waals surface area contributed by atoms with E-state index in [0.717, 1.165) is 0 Å². The highest BCUT2D eigenvalue weighted by molar-refractivity contribution is 5.95. The summed E-state index contributed by atoms with van der Waals surface area (Å²) in [5, 5.41) is 9.57. The van der Waals surface area contributed by atoms with Crippen LogP contribution in [-0.4, -0.2) is 64.2 Å². The molecule has 190 valence electrons. The molecule has 2 aromatic heterocycles. The largest absolute Gasteiger partial charge is 0.489 e. The van der Waals surface area contributed by atoms with Crippen LogP contribution in [0.15, 0.2) is 23.0 Å². The van der Waals surface area contributed by atoms with Gasteiger partial charge >= 0.3 is 0 Å². The molecule has 1 aromatic carbocycles. The molecular formula is C24H27FN6O5. The van der Waals surface area contributed by atoms with Crippen molar-refractivity contribution in [1.82, 2.24) is 30.0 Å². The summed E-state index contributed by atoms with van der Waals surface area (Å²) in [6.45, 7) is 3.86. The van der Waals surface area contributed by atoms with Gasteiger partial charge in [0.05, 0.1) is 32.3 Å². The number of ether oxygens (including phenoxy) is 3. The summed E-state index contributed by atoms with van der Waals surface area (Å²) in [6.07, 6.45) is 1.25. The molecule has 0 bridgehead atoms. The quantitative estimate of drug-likeness (QED) is 0.541. The van der Waals surface area contributed by atoms with Crippen LogP contribution in [0, 0.1) is 12.7 Å². The number of aryl methyl sites for hydroxylation is 1. The van der Waals surface area contributed by atoms with Crippen LogP contribution in [0.2, 0.25) is 0 Å². The van der Waals surface area contributed by atoms with Gasteiger partial charge in [-0.25, -0.2) is 14.4 Å². The third-order valence-corrected chi connectivity index (χ3v) is 6.67. The molecule has 2 N–H and O–H groups in total. The van der Waals surface area contributed by atoms with Crippen molar-refractivity contribution >= 4 is 5.91 Å². The van der Waals surface area contributed by atoms with E-state index in [1.165, 1.54) is 19.2 Å². The van der Waals surface area contributed by atoms with E-state index < -0.39 is 22.7 Å². The van der Waals surface area contributed by atoms with E-state index in [9.17, 15) is 14.0 Å². The maximum absolute atomic E-state index is 14.0. The van der Waals surface area contributed by atoms with Crippen molar-refractivity contribution < 1.29 is 23.4 Å². The average molecular weight is 499 g/mol. The Balaban J connectivity index is 1.49. The van der Waals surface area contributed by atoms with E-state index in [4.69, 9.17) is 19.2 Å². The van der Waals surface area contributed by atoms with Gasteiger partial charge in [0.2, 0.25) is 5.75 Å². The highest BCUT2D eigenvalue weighted by atomic mass is 19.1. The van der Waals surface area contributed by atoms with Gasteiger partial charge in [0.25, 0.3) is 11.5 Å². The first-order valence-electron chi connectivity index (χ1n) is 11.7. The molecule has 0 aliphatic carbocycles. The van der Waals surface area contributed by atoms with Gasteiger partial charge in [0.15, 0.2) is 11.5 Å². The Kier molecular flexibility index (Phi) is 6.54. The van der Waals surface area contributed by atoms with Crippen molar-refractivity contribution in [2.45, 2.75) is 38.3 Å².